The highest BCUT2D eigenvalue weighted by Gasteiger charge is 2.28. The number of benzene rings is 1. The highest BCUT2D eigenvalue weighted by Crippen LogP contribution is 2.32. The van der Waals surface area contributed by atoms with Gasteiger partial charge in [0.1, 0.15) is 11.4 Å². The van der Waals surface area contributed by atoms with Gasteiger partial charge in [-0.3, -0.25) is 14.2 Å². The molecule has 0 radical (unpaired) electrons. The zero-order valence-electron chi connectivity index (χ0n) is 12.2. The van der Waals surface area contributed by atoms with Crippen molar-refractivity contribution in [3.05, 3.63) is 57.3 Å². The number of hydrogen-bond acceptors (Lipinski definition) is 4. The number of fused-ring (bicyclic) bond motifs is 2. The van der Waals surface area contributed by atoms with Crippen molar-refractivity contribution in [3.8, 4) is 0 Å². The van der Waals surface area contributed by atoms with Crippen molar-refractivity contribution < 1.29 is 9.18 Å². The van der Waals surface area contributed by atoms with Gasteiger partial charge in [-0.05, 0) is 30.0 Å². The minimum atomic E-state index is -0.447. The maximum absolute atomic E-state index is 13.8. The lowest BCUT2D eigenvalue weighted by molar-refractivity contribution is 0.0933. The van der Waals surface area contributed by atoms with Crippen LogP contribution in [-0.2, 0) is 13.0 Å². The number of amides is 1. The van der Waals surface area contributed by atoms with E-state index >= 15 is 0 Å². The monoisotopic (exact) mass is 331 g/mol. The highest BCUT2D eigenvalue weighted by molar-refractivity contribution is 7.99. The molecule has 1 aromatic heterocycles. The van der Waals surface area contributed by atoms with Crippen molar-refractivity contribution in [2.45, 2.75) is 30.6 Å². The molecule has 1 amide bonds. The Morgan fingerprint density at radius 2 is 2.30 bits per heavy atom. The summed E-state index contributed by atoms with van der Waals surface area (Å²) < 4.78 is 15.3. The first-order chi connectivity index (χ1) is 11.1. The number of thioether (sulfide) groups is 1. The molecule has 1 N–H and O–H groups in total. The average molecular weight is 331 g/mol. The third-order valence-electron chi connectivity index (χ3n) is 4.32. The van der Waals surface area contributed by atoms with Crippen molar-refractivity contribution in [2.75, 3.05) is 5.75 Å². The van der Waals surface area contributed by atoms with Gasteiger partial charge in [0.2, 0.25) is 0 Å². The van der Waals surface area contributed by atoms with Crippen molar-refractivity contribution >= 4 is 17.7 Å². The van der Waals surface area contributed by atoms with E-state index in [1.165, 1.54) is 28.6 Å². The van der Waals surface area contributed by atoms with Crippen molar-refractivity contribution in [3.63, 3.8) is 0 Å². The van der Waals surface area contributed by atoms with Crippen molar-refractivity contribution in [1.29, 1.82) is 0 Å². The van der Waals surface area contributed by atoms with Crippen molar-refractivity contribution in [1.82, 2.24) is 14.9 Å². The van der Waals surface area contributed by atoms with E-state index in [4.69, 9.17) is 0 Å². The van der Waals surface area contributed by atoms with Crippen LogP contribution in [0.2, 0.25) is 0 Å². The predicted molar refractivity (Wildman–Crippen MR) is 84.1 cm³/mol. The predicted octanol–water partition coefficient (Wildman–Crippen LogP) is 1.91. The molecule has 2 aromatic rings. The molecule has 0 spiro atoms. The van der Waals surface area contributed by atoms with Crippen LogP contribution < -0.4 is 10.9 Å². The molecule has 1 atom stereocenters. The van der Waals surface area contributed by atoms with E-state index in [1.807, 2.05) is 6.07 Å². The van der Waals surface area contributed by atoms with Crippen LogP contribution in [0.15, 0.2) is 34.3 Å². The zero-order valence-corrected chi connectivity index (χ0v) is 13.0. The molecule has 0 bridgehead atoms. The summed E-state index contributed by atoms with van der Waals surface area (Å²) in [6, 6.07) is 4.63. The van der Waals surface area contributed by atoms with Gasteiger partial charge < -0.3 is 5.32 Å². The minimum Gasteiger partial charge on any atom is -0.345 e. The van der Waals surface area contributed by atoms with E-state index in [0.717, 1.165) is 11.3 Å². The lowest BCUT2D eigenvalue weighted by atomic mass is 10.1. The summed E-state index contributed by atoms with van der Waals surface area (Å²) in [7, 11) is 0. The Kier molecular flexibility index (Phi) is 3.45. The molecule has 1 unspecified atom stereocenters. The molecular formula is C16H14FN3O2S. The molecule has 4 rings (SSSR count). The van der Waals surface area contributed by atoms with Crippen LogP contribution >= 0.6 is 11.8 Å². The van der Waals surface area contributed by atoms with E-state index < -0.39 is 5.91 Å². The highest BCUT2D eigenvalue weighted by atomic mass is 32.2. The Bertz CT molecular complexity index is 865. The molecule has 2 aliphatic rings. The number of aromatic nitrogens is 2. The Balaban J connectivity index is 1.61. The summed E-state index contributed by atoms with van der Waals surface area (Å²) in [4.78, 5) is 29.0. The lowest BCUT2D eigenvalue weighted by Crippen LogP contribution is -2.35. The number of hydrogen-bond donors (Lipinski definition) is 1. The van der Waals surface area contributed by atoms with E-state index in [0.29, 0.717) is 30.1 Å². The molecule has 7 heteroatoms. The molecule has 5 nitrogen and oxygen atoms in total. The molecule has 118 valence electrons. The van der Waals surface area contributed by atoms with Gasteiger partial charge in [0, 0.05) is 18.5 Å². The second-order valence-electron chi connectivity index (χ2n) is 5.63. The van der Waals surface area contributed by atoms with Crippen LogP contribution in [0.1, 0.15) is 33.9 Å². The quantitative estimate of drug-likeness (QED) is 0.854. The third kappa shape index (κ3) is 2.35. The second kappa shape index (κ2) is 5.49. The van der Waals surface area contributed by atoms with Crippen LogP contribution in [0.3, 0.4) is 0 Å². The topological polar surface area (TPSA) is 64.0 Å². The molecule has 0 saturated heterocycles. The van der Waals surface area contributed by atoms with Gasteiger partial charge >= 0.3 is 0 Å². The first-order valence-corrected chi connectivity index (χ1v) is 8.44. The van der Waals surface area contributed by atoms with Gasteiger partial charge in [-0.1, -0.05) is 23.9 Å². The van der Waals surface area contributed by atoms with Crippen molar-refractivity contribution in [2.24, 2.45) is 0 Å². The van der Waals surface area contributed by atoms with Gasteiger partial charge in [-0.15, -0.1) is 0 Å². The van der Waals surface area contributed by atoms with Gasteiger partial charge in [0.05, 0.1) is 6.04 Å². The SMILES string of the molecule is O=C(NC1CCc2c(F)cccc21)c1cnc2n(c1=O)CCS2. The summed E-state index contributed by atoms with van der Waals surface area (Å²) in [6.07, 6.45) is 2.56. The molecule has 1 aliphatic heterocycles. The Hall–Kier alpha value is -2.15. The minimum absolute atomic E-state index is 0.0427. The summed E-state index contributed by atoms with van der Waals surface area (Å²) in [5.41, 5.74) is 1.18. The van der Waals surface area contributed by atoms with Gasteiger partial charge in [-0.25, -0.2) is 9.37 Å². The van der Waals surface area contributed by atoms with Gasteiger partial charge in [0.25, 0.3) is 11.5 Å². The van der Waals surface area contributed by atoms with E-state index in [1.54, 1.807) is 6.07 Å². The van der Waals surface area contributed by atoms with Crippen LogP contribution in [0.4, 0.5) is 4.39 Å². The van der Waals surface area contributed by atoms with E-state index in [9.17, 15) is 14.0 Å². The largest absolute Gasteiger partial charge is 0.345 e. The maximum Gasteiger partial charge on any atom is 0.267 e. The number of carbonyl (C=O) groups excluding carboxylic acids is 1. The molecular weight excluding hydrogens is 317 g/mol. The number of carbonyl (C=O) groups is 1. The molecule has 0 saturated carbocycles. The fourth-order valence-electron chi connectivity index (χ4n) is 3.17. The first-order valence-electron chi connectivity index (χ1n) is 7.46. The summed E-state index contributed by atoms with van der Waals surface area (Å²) >= 11 is 1.51. The molecule has 23 heavy (non-hydrogen) atoms. The third-order valence-corrected chi connectivity index (χ3v) is 5.29. The van der Waals surface area contributed by atoms with Crippen LogP contribution in [0.25, 0.3) is 0 Å². The smallest absolute Gasteiger partial charge is 0.267 e. The fourth-order valence-corrected chi connectivity index (χ4v) is 4.08. The normalized spacial score (nSPS) is 18.6. The first kappa shape index (κ1) is 14.4. The van der Waals surface area contributed by atoms with Gasteiger partial charge in [0.15, 0.2) is 5.16 Å². The zero-order chi connectivity index (χ0) is 16.0. The summed E-state index contributed by atoms with van der Waals surface area (Å²) in [5.74, 6) is 0.107. The molecule has 1 aromatic carbocycles. The van der Waals surface area contributed by atoms with Crippen LogP contribution in [-0.4, -0.2) is 21.2 Å². The number of nitrogens with zero attached hydrogens (tertiary/aromatic N) is 2. The molecule has 2 heterocycles. The summed E-state index contributed by atoms with van der Waals surface area (Å²) in [6.45, 7) is 0.574. The Labute approximate surface area is 135 Å². The standard InChI is InChI=1S/C16H14FN3O2S/c17-12-3-1-2-10-9(12)4-5-13(10)19-14(21)11-8-18-16-20(15(11)22)6-7-23-16/h1-3,8,13H,4-7H2,(H,19,21). The molecule has 1 aliphatic carbocycles. The Morgan fingerprint density at radius 1 is 1.43 bits per heavy atom. The van der Waals surface area contributed by atoms with Gasteiger partial charge in [-0.2, -0.15) is 0 Å². The second-order valence-corrected chi connectivity index (χ2v) is 6.69. The summed E-state index contributed by atoms with van der Waals surface area (Å²) in [5, 5.41) is 3.50. The lowest BCUT2D eigenvalue weighted by Gasteiger charge is -2.14. The molecule has 0 fully saturated rings. The number of halogens is 1. The number of nitrogens with one attached hydrogen (secondary N) is 1. The maximum atomic E-state index is 13.8. The van der Waals surface area contributed by atoms with Crippen LogP contribution in [0.5, 0.6) is 0 Å². The fraction of sp³-hybridized carbons (Fsp3) is 0.312. The average Bonchev–Trinajstić information content (AvgIpc) is 3.16. The Morgan fingerprint density at radius 3 is 3.17 bits per heavy atom. The van der Waals surface area contributed by atoms with Crippen LogP contribution in [0, 0.1) is 5.82 Å². The number of rotatable bonds is 2. The van der Waals surface area contributed by atoms with E-state index in [2.05, 4.69) is 10.3 Å². The van der Waals surface area contributed by atoms with E-state index in [-0.39, 0.29) is 23.0 Å².